The molecule has 2 aromatic rings. The van der Waals surface area contributed by atoms with Gasteiger partial charge in [-0.05, 0) is 19.8 Å². The van der Waals surface area contributed by atoms with Gasteiger partial charge in [-0.2, -0.15) is 10.2 Å². The van der Waals surface area contributed by atoms with Crippen molar-refractivity contribution < 1.29 is 4.74 Å². The summed E-state index contributed by atoms with van der Waals surface area (Å²) in [5.41, 5.74) is 2.33. The van der Waals surface area contributed by atoms with Crippen LogP contribution in [0.5, 0.6) is 0 Å². The Balaban J connectivity index is 1.60. The lowest BCUT2D eigenvalue weighted by Crippen LogP contribution is -2.33. The van der Waals surface area contributed by atoms with E-state index in [-0.39, 0.29) is 6.10 Å². The van der Waals surface area contributed by atoms with Gasteiger partial charge in [0.05, 0.1) is 18.5 Å². The number of nitrogens with one attached hydrogen (secondary N) is 3. The molecule has 1 aliphatic rings. The molecule has 0 spiro atoms. The summed E-state index contributed by atoms with van der Waals surface area (Å²) < 4.78 is 5.94. The Morgan fingerprint density at radius 1 is 1.35 bits per heavy atom. The number of rotatable bonds is 5. The zero-order chi connectivity index (χ0) is 13.8. The molecule has 20 heavy (non-hydrogen) atoms. The first kappa shape index (κ1) is 13.3. The minimum atomic E-state index is 0.145. The zero-order valence-corrected chi connectivity index (χ0v) is 11.7. The van der Waals surface area contributed by atoms with E-state index in [1.165, 1.54) is 12.0 Å². The van der Waals surface area contributed by atoms with Gasteiger partial charge in [-0.3, -0.25) is 10.2 Å². The summed E-state index contributed by atoms with van der Waals surface area (Å²) in [6, 6.07) is 0.292. The van der Waals surface area contributed by atoms with Crippen LogP contribution in [0.25, 0.3) is 0 Å². The fourth-order valence-electron chi connectivity index (χ4n) is 2.78. The summed E-state index contributed by atoms with van der Waals surface area (Å²) in [7, 11) is 0. The van der Waals surface area contributed by atoms with Gasteiger partial charge in [0.15, 0.2) is 0 Å². The summed E-state index contributed by atoms with van der Waals surface area (Å²) in [5, 5.41) is 17.3. The molecule has 1 unspecified atom stereocenters. The maximum Gasteiger partial charge on any atom is 0.0895 e. The van der Waals surface area contributed by atoms with Gasteiger partial charge in [-0.15, -0.1) is 0 Å². The highest BCUT2D eigenvalue weighted by Gasteiger charge is 2.28. The maximum absolute atomic E-state index is 5.94. The molecule has 3 N–H and O–H groups in total. The molecule has 3 heterocycles. The van der Waals surface area contributed by atoms with Crippen LogP contribution in [-0.4, -0.2) is 33.5 Å². The molecule has 6 heteroatoms. The molecule has 0 aromatic carbocycles. The van der Waals surface area contributed by atoms with E-state index in [1.54, 1.807) is 0 Å². The summed E-state index contributed by atoms with van der Waals surface area (Å²) in [4.78, 5) is 0. The highest BCUT2D eigenvalue weighted by Crippen LogP contribution is 2.33. The third kappa shape index (κ3) is 2.91. The van der Waals surface area contributed by atoms with Crippen molar-refractivity contribution in [2.75, 3.05) is 13.2 Å². The predicted molar refractivity (Wildman–Crippen MR) is 75.0 cm³/mol. The fraction of sp³-hybridized carbons (Fsp3) is 0.571. The highest BCUT2D eigenvalue weighted by molar-refractivity contribution is 5.11. The molecule has 2 aromatic heterocycles. The molecule has 1 fully saturated rings. The van der Waals surface area contributed by atoms with Crippen LogP contribution in [0.3, 0.4) is 0 Å². The number of hydrogen-bond donors (Lipinski definition) is 3. The van der Waals surface area contributed by atoms with Crippen molar-refractivity contribution >= 4 is 0 Å². The number of ether oxygens (including phenoxy) is 1. The van der Waals surface area contributed by atoms with E-state index in [1.807, 2.05) is 24.8 Å². The minimum Gasteiger partial charge on any atom is -0.373 e. The largest absolute Gasteiger partial charge is 0.373 e. The van der Waals surface area contributed by atoms with Gasteiger partial charge in [0.2, 0.25) is 0 Å². The Morgan fingerprint density at radius 3 is 2.95 bits per heavy atom. The number of H-pyrrole nitrogens is 2. The van der Waals surface area contributed by atoms with Gasteiger partial charge < -0.3 is 10.1 Å². The van der Waals surface area contributed by atoms with Crippen LogP contribution < -0.4 is 5.32 Å². The molecule has 0 radical (unpaired) electrons. The molecule has 0 aliphatic carbocycles. The maximum atomic E-state index is 5.94. The van der Waals surface area contributed by atoms with Crippen molar-refractivity contribution in [3.05, 3.63) is 35.9 Å². The molecule has 0 bridgehead atoms. The smallest absolute Gasteiger partial charge is 0.0895 e. The molecule has 3 atom stereocenters. The molecule has 0 saturated carbocycles. The van der Waals surface area contributed by atoms with E-state index < -0.39 is 0 Å². The zero-order valence-electron chi connectivity index (χ0n) is 11.7. The number of aromatic amines is 2. The second-order valence-corrected chi connectivity index (χ2v) is 5.39. The third-order valence-corrected chi connectivity index (χ3v) is 4.00. The topological polar surface area (TPSA) is 78.6 Å². The van der Waals surface area contributed by atoms with Gasteiger partial charge in [-0.25, -0.2) is 0 Å². The first-order chi connectivity index (χ1) is 9.84. The Bertz CT molecular complexity index is 496. The lowest BCUT2D eigenvalue weighted by Gasteiger charge is -2.32. The van der Waals surface area contributed by atoms with E-state index in [4.69, 9.17) is 4.74 Å². The second kappa shape index (κ2) is 6.19. The molecule has 3 rings (SSSR count). The standard InChI is InChI=1S/C14H21N5O/c1-10(12-6-16-17-7-12)15-5-11-3-2-4-20-14(11)13-8-18-19-9-13/h6-11,14-15H,2-5H2,1H3,(H,16,17)(H,18,19)/t10?,11-,14+/m0/s1. The predicted octanol–water partition coefficient (Wildman–Crippen LogP) is 1.95. The van der Waals surface area contributed by atoms with Crippen molar-refractivity contribution in [2.45, 2.75) is 31.9 Å². The molecule has 6 nitrogen and oxygen atoms in total. The fourth-order valence-corrected chi connectivity index (χ4v) is 2.78. The van der Waals surface area contributed by atoms with Crippen LogP contribution >= 0.6 is 0 Å². The quantitative estimate of drug-likeness (QED) is 0.779. The summed E-state index contributed by atoms with van der Waals surface area (Å²) in [5.74, 6) is 0.482. The molecular formula is C14H21N5O. The SMILES string of the molecule is CC(NC[C@@H]1CCCO[C@H]1c1cn[nH]c1)c1cn[nH]c1. The Morgan fingerprint density at radius 2 is 2.20 bits per heavy atom. The number of hydrogen-bond acceptors (Lipinski definition) is 4. The summed E-state index contributed by atoms with van der Waals surface area (Å²) in [6.07, 6.45) is 10.0. The molecule has 1 saturated heterocycles. The normalized spacial score (nSPS) is 24.6. The van der Waals surface area contributed by atoms with Crippen LogP contribution in [0.2, 0.25) is 0 Å². The Labute approximate surface area is 118 Å². The van der Waals surface area contributed by atoms with Crippen molar-refractivity contribution in [1.82, 2.24) is 25.7 Å². The van der Waals surface area contributed by atoms with Gasteiger partial charge in [0.25, 0.3) is 0 Å². The molecular weight excluding hydrogens is 254 g/mol. The Hall–Kier alpha value is -1.66. The lowest BCUT2D eigenvalue weighted by atomic mass is 9.90. The summed E-state index contributed by atoms with van der Waals surface area (Å²) >= 11 is 0. The first-order valence-electron chi connectivity index (χ1n) is 7.17. The number of nitrogens with zero attached hydrogens (tertiary/aromatic N) is 2. The van der Waals surface area contributed by atoms with Gasteiger partial charge in [0.1, 0.15) is 0 Å². The van der Waals surface area contributed by atoms with Crippen LogP contribution in [0.15, 0.2) is 24.8 Å². The van der Waals surface area contributed by atoms with Crippen LogP contribution in [0.1, 0.15) is 43.0 Å². The average Bonchev–Trinajstić information content (AvgIpc) is 3.17. The van der Waals surface area contributed by atoms with E-state index in [0.29, 0.717) is 12.0 Å². The van der Waals surface area contributed by atoms with Crippen molar-refractivity contribution in [3.63, 3.8) is 0 Å². The number of aromatic nitrogens is 4. The van der Waals surface area contributed by atoms with Crippen LogP contribution in [0, 0.1) is 5.92 Å². The van der Waals surface area contributed by atoms with Crippen LogP contribution in [-0.2, 0) is 4.74 Å². The monoisotopic (exact) mass is 275 g/mol. The van der Waals surface area contributed by atoms with Crippen molar-refractivity contribution in [1.29, 1.82) is 0 Å². The third-order valence-electron chi connectivity index (χ3n) is 4.00. The van der Waals surface area contributed by atoms with E-state index >= 15 is 0 Å². The van der Waals surface area contributed by atoms with Crippen molar-refractivity contribution in [3.8, 4) is 0 Å². The first-order valence-corrected chi connectivity index (χ1v) is 7.17. The van der Waals surface area contributed by atoms with Gasteiger partial charge in [0, 0.05) is 48.6 Å². The van der Waals surface area contributed by atoms with Crippen molar-refractivity contribution in [2.24, 2.45) is 5.92 Å². The minimum absolute atomic E-state index is 0.145. The molecule has 1 aliphatic heterocycles. The summed E-state index contributed by atoms with van der Waals surface area (Å²) in [6.45, 7) is 3.92. The average molecular weight is 275 g/mol. The van der Waals surface area contributed by atoms with E-state index in [0.717, 1.165) is 25.1 Å². The highest BCUT2D eigenvalue weighted by atomic mass is 16.5. The van der Waals surface area contributed by atoms with Crippen LogP contribution in [0.4, 0.5) is 0 Å². The Kier molecular flexibility index (Phi) is 4.13. The molecule has 0 amide bonds. The van der Waals surface area contributed by atoms with Gasteiger partial charge >= 0.3 is 0 Å². The second-order valence-electron chi connectivity index (χ2n) is 5.39. The lowest BCUT2D eigenvalue weighted by molar-refractivity contribution is -0.0283. The van der Waals surface area contributed by atoms with E-state index in [2.05, 4.69) is 32.6 Å². The van der Waals surface area contributed by atoms with Gasteiger partial charge in [-0.1, -0.05) is 0 Å². The van der Waals surface area contributed by atoms with E-state index in [9.17, 15) is 0 Å². The molecule has 108 valence electrons.